The smallest absolute Gasteiger partial charge is 0.307 e. The van der Waals surface area contributed by atoms with Gasteiger partial charge in [0.15, 0.2) is 0 Å². The SMILES string of the molecule is C[C@H](c1ccccc1)N(Cc1ccccc1)[C@H](CCCCO)CC(=O)OC(C)(C)C. The quantitative estimate of drug-likeness (QED) is 0.391. The first-order valence-corrected chi connectivity index (χ1v) is 11.0. The molecule has 0 fully saturated rings. The van der Waals surface area contributed by atoms with Gasteiger partial charge in [-0.25, -0.2) is 0 Å². The molecule has 0 aliphatic heterocycles. The minimum absolute atomic E-state index is 0.0295. The second-order valence-electron chi connectivity index (χ2n) is 8.91. The van der Waals surface area contributed by atoms with Crippen molar-refractivity contribution in [3.05, 3.63) is 71.8 Å². The van der Waals surface area contributed by atoms with Crippen LogP contribution in [0.3, 0.4) is 0 Å². The fourth-order valence-corrected chi connectivity index (χ4v) is 3.75. The summed E-state index contributed by atoms with van der Waals surface area (Å²) in [6.45, 7) is 8.84. The van der Waals surface area contributed by atoms with E-state index in [2.05, 4.69) is 60.4 Å². The molecule has 0 amide bonds. The lowest BCUT2D eigenvalue weighted by molar-refractivity contribution is -0.156. The van der Waals surface area contributed by atoms with Gasteiger partial charge in [-0.15, -0.1) is 0 Å². The van der Waals surface area contributed by atoms with Crippen molar-refractivity contribution in [3.8, 4) is 0 Å². The normalized spacial score (nSPS) is 13.8. The first-order valence-electron chi connectivity index (χ1n) is 11.0. The van der Waals surface area contributed by atoms with E-state index in [0.29, 0.717) is 6.42 Å². The van der Waals surface area contributed by atoms with Crippen LogP contribution >= 0.6 is 0 Å². The van der Waals surface area contributed by atoms with Crippen molar-refractivity contribution in [2.75, 3.05) is 6.61 Å². The van der Waals surface area contributed by atoms with E-state index >= 15 is 0 Å². The van der Waals surface area contributed by atoms with E-state index in [1.54, 1.807) is 0 Å². The van der Waals surface area contributed by atoms with Gasteiger partial charge in [0.05, 0.1) is 6.42 Å². The molecule has 164 valence electrons. The summed E-state index contributed by atoms with van der Waals surface area (Å²) >= 11 is 0. The number of ether oxygens (including phenoxy) is 1. The molecular weight excluding hydrogens is 374 g/mol. The highest BCUT2D eigenvalue weighted by Gasteiger charge is 2.28. The van der Waals surface area contributed by atoms with Crippen molar-refractivity contribution in [2.45, 2.75) is 77.6 Å². The summed E-state index contributed by atoms with van der Waals surface area (Å²) < 4.78 is 5.65. The van der Waals surface area contributed by atoms with E-state index in [4.69, 9.17) is 4.74 Å². The molecule has 2 rings (SSSR count). The van der Waals surface area contributed by atoms with Crippen molar-refractivity contribution in [1.29, 1.82) is 0 Å². The molecule has 2 aromatic carbocycles. The van der Waals surface area contributed by atoms with Crippen molar-refractivity contribution in [3.63, 3.8) is 0 Å². The van der Waals surface area contributed by atoms with Crippen LogP contribution in [0.25, 0.3) is 0 Å². The number of benzene rings is 2. The average Bonchev–Trinajstić information content (AvgIpc) is 2.71. The summed E-state index contributed by atoms with van der Waals surface area (Å²) in [4.78, 5) is 15.1. The first-order chi connectivity index (χ1) is 14.3. The molecular formula is C26H37NO3. The number of aliphatic hydroxyl groups is 1. The van der Waals surface area contributed by atoms with Crippen LogP contribution < -0.4 is 0 Å². The molecule has 4 nitrogen and oxygen atoms in total. The molecule has 0 unspecified atom stereocenters. The Balaban J connectivity index is 2.30. The molecule has 2 aromatic rings. The minimum atomic E-state index is -0.498. The van der Waals surface area contributed by atoms with E-state index in [0.717, 1.165) is 25.8 Å². The summed E-state index contributed by atoms with van der Waals surface area (Å²) in [5.74, 6) is -0.171. The van der Waals surface area contributed by atoms with Gasteiger partial charge in [-0.3, -0.25) is 9.69 Å². The largest absolute Gasteiger partial charge is 0.460 e. The molecule has 0 bridgehead atoms. The molecule has 0 aliphatic rings. The van der Waals surface area contributed by atoms with Gasteiger partial charge in [0.25, 0.3) is 0 Å². The molecule has 0 aromatic heterocycles. The zero-order valence-corrected chi connectivity index (χ0v) is 18.9. The van der Waals surface area contributed by atoms with Crippen molar-refractivity contribution >= 4 is 5.97 Å². The molecule has 1 N–H and O–H groups in total. The minimum Gasteiger partial charge on any atom is -0.460 e. The Kier molecular flexibility index (Phi) is 9.54. The lowest BCUT2D eigenvalue weighted by Gasteiger charge is -2.37. The fourth-order valence-electron chi connectivity index (χ4n) is 3.75. The van der Waals surface area contributed by atoms with Crippen LogP contribution in [-0.2, 0) is 16.1 Å². The number of hydrogen-bond donors (Lipinski definition) is 1. The molecule has 0 radical (unpaired) electrons. The Hall–Kier alpha value is -2.17. The van der Waals surface area contributed by atoms with Crippen molar-refractivity contribution in [1.82, 2.24) is 4.90 Å². The molecule has 0 heterocycles. The first kappa shape index (κ1) is 24.1. The molecule has 2 atom stereocenters. The fraction of sp³-hybridized carbons (Fsp3) is 0.500. The maximum Gasteiger partial charge on any atom is 0.307 e. The predicted molar refractivity (Wildman–Crippen MR) is 122 cm³/mol. The van der Waals surface area contributed by atoms with Gasteiger partial charge in [-0.2, -0.15) is 0 Å². The summed E-state index contributed by atoms with van der Waals surface area (Å²) in [6.07, 6.45) is 2.79. The van der Waals surface area contributed by atoms with Crippen LogP contribution in [-0.4, -0.2) is 34.2 Å². The number of nitrogens with zero attached hydrogens (tertiary/aromatic N) is 1. The van der Waals surface area contributed by atoms with E-state index < -0.39 is 5.60 Å². The topological polar surface area (TPSA) is 49.8 Å². The second kappa shape index (κ2) is 11.9. The second-order valence-corrected chi connectivity index (χ2v) is 8.91. The zero-order valence-electron chi connectivity index (χ0n) is 18.9. The number of carbonyl (C=O) groups is 1. The Labute approximate surface area is 181 Å². The highest BCUT2D eigenvalue weighted by molar-refractivity contribution is 5.70. The van der Waals surface area contributed by atoms with Crippen molar-refractivity contribution in [2.24, 2.45) is 0 Å². The summed E-state index contributed by atoms with van der Waals surface area (Å²) in [6, 6.07) is 21.0. The number of rotatable bonds is 11. The van der Waals surface area contributed by atoms with Gasteiger partial charge in [-0.1, -0.05) is 60.7 Å². The average molecular weight is 412 g/mol. The monoisotopic (exact) mass is 411 g/mol. The Bertz CT molecular complexity index is 740. The third-order valence-electron chi connectivity index (χ3n) is 5.22. The Morgan fingerprint density at radius 2 is 1.60 bits per heavy atom. The van der Waals surface area contributed by atoms with Crippen LogP contribution in [0.2, 0.25) is 0 Å². The zero-order chi connectivity index (χ0) is 22.0. The highest BCUT2D eigenvalue weighted by Crippen LogP contribution is 2.29. The van der Waals surface area contributed by atoms with E-state index in [1.807, 2.05) is 32.9 Å². The van der Waals surface area contributed by atoms with Crippen LogP contribution in [0.1, 0.15) is 70.5 Å². The van der Waals surface area contributed by atoms with Gasteiger partial charge in [0, 0.05) is 25.2 Å². The summed E-state index contributed by atoms with van der Waals surface area (Å²) in [5, 5.41) is 9.27. The van der Waals surface area contributed by atoms with E-state index in [1.165, 1.54) is 11.1 Å². The Morgan fingerprint density at radius 1 is 1.00 bits per heavy atom. The van der Waals surface area contributed by atoms with Crippen LogP contribution in [0, 0.1) is 0 Å². The van der Waals surface area contributed by atoms with Crippen LogP contribution in [0.5, 0.6) is 0 Å². The van der Waals surface area contributed by atoms with Gasteiger partial charge >= 0.3 is 5.97 Å². The van der Waals surface area contributed by atoms with Crippen LogP contribution in [0.15, 0.2) is 60.7 Å². The summed E-state index contributed by atoms with van der Waals surface area (Å²) in [5.41, 5.74) is 1.95. The number of unbranched alkanes of at least 4 members (excludes halogenated alkanes) is 1. The standard InChI is InChI=1S/C26H37NO3/c1-21(23-15-9-6-10-16-23)27(20-22-13-7-5-8-14-22)24(17-11-12-18-28)19-25(29)30-26(2,3)4/h5-10,13-16,21,24,28H,11-12,17-20H2,1-4H3/t21-,24-/m1/s1. The molecule has 0 aliphatic carbocycles. The number of esters is 1. The number of aliphatic hydroxyl groups excluding tert-OH is 1. The van der Waals surface area contributed by atoms with E-state index in [-0.39, 0.29) is 24.7 Å². The number of carbonyl (C=O) groups excluding carboxylic acids is 1. The van der Waals surface area contributed by atoms with Crippen LogP contribution in [0.4, 0.5) is 0 Å². The van der Waals surface area contributed by atoms with Gasteiger partial charge in [0.2, 0.25) is 0 Å². The van der Waals surface area contributed by atoms with Gasteiger partial charge in [-0.05, 0) is 58.1 Å². The molecule has 4 heteroatoms. The third kappa shape index (κ3) is 8.29. The molecule has 0 spiro atoms. The molecule has 30 heavy (non-hydrogen) atoms. The highest BCUT2D eigenvalue weighted by atomic mass is 16.6. The Morgan fingerprint density at radius 3 is 2.17 bits per heavy atom. The van der Waals surface area contributed by atoms with Crippen molar-refractivity contribution < 1.29 is 14.6 Å². The number of hydrogen-bond acceptors (Lipinski definition) is 4. The van der Waals surface area contributed by atoms with Gasteiger partial charge < -0.3 is 9.84 Å². The lowest BCUT2D eigenvalue weighted by atomic mass is 9.98. The maximum atomic E-state index is 12.7. The third-order valence-corrected chi connectivity index (χ3v) is 5.22. The van der Waals surface area contributed by atoms with Gasteiger partial charge in [0.1, 0.15) is 5.60 Å². The lowest BCUT2D eigenvalue weighted by Crippen LogP contribution is -2.39. The molecule has 0 saturated carbocycles. The predicted octanol–water partition coefficient (Wildman–Crippen LogP) is 5.51. The van der Waals surface area contributed by atoms with E-state index in [9.17, 15) is 9.90 Å². The molecule has 0 saturated heterocycles. The maximum absolute atomic E-state index is 12.7. The summed E-state index contributed by atoms with van der Waals surface area (Å²) in [7, 11) is 0.